The minimum absolute atomic E-state index is 0.120. The first kappa shape index (κ1) is 18.4. The van der Waals surface area contributed by atoms with E-state index in [0.29, 0.717) is 24.6 Å². The molecule has 0 saturated carbocycles. The number of hydrogen-bond donors (Lipinski definition) is 1. The fourth-order valence-corrected chi connectivity index (χ4v) is 2.66. The Morgan fingerprint density at radius 2 is 1.70 bits per heavy atom. The summed E-state index contributed by atoms with van der Waals surface area (Å²) in [6, 6.07) is 17.3. The maximum atomic E-state index is 12.7. The monoisotopic (exact) mass is 362 g/mol. The Morgan fingerprint density at radius 1 is 1.04 bits per heavy atom. The van der Waals surface area contributed by atoms with Gasteiger partial charge in [-0.2, -0.15) is 0 Å². The molecule has 0 aliphatic heterocycles. The molecule has 0 unspecified atom stereocenters. The molecule has 2 aromatic carbocycles. The number of amides is 1. The molecule has 0 aliphatic rings. The minimum atomic E-state index is -0.120. The fraction of sp³-hybridized carbons (Fsp3) is 0.190. The Labute approximate surface area is 158 Å². The topological polar surface area (TPSA) is 67.4 Å². The number of methoxy groups -OCH3 is 1. The van der Waals surface area contributed by atoms with Crippen LogP contribution in [-0.4, -0.2) is 29.5 Å². The van der Waals surface area contributed by atoms with E-state index in [9.17, 15) is 4.79 Å². The van der Waals surface area contributed by atoms with Crippen LogP contribution in [0, 0.1) is 0 Å². The first-order valence-electron chi connectivity index (χ1n) is 8.77. The van der Waals surface area contributed by atoms with Gasteiger partial charge in [-0.3, -0.25) is 4.79 Å². The number of anilines is 2. The molecule has 1 heterocycles. The van der Waals surface area contributed by atoms with Crippen molar-refractivity contribution >= 4 is 17.5 Å². The van der Waals surface area contributed by atoms with Gasteiger partial charge < -0.3 is 15.0 Å². The van der Waals surface area contributed by atoms with E-state index in [4.69, 9.17) is 4.74 Å². The van der Waals surface area contributed by atoms with Crippen LogP contribution >= 0.6 is 0 Å². The van der Waals surface area contributed by atoms with Crippen molar-refractivity contribution in [2.24, 2.45) is 0 Å². The second kappa shape index (κ2) is 8.80. The number of nitrogens with zero attached hydrogens (tertiary/aromatic N) is 3. The first-order chi connectivity index (χ1) is 13.2. The summed E-state index contributed by atoms with van der Waals surface area (Å²) in [5.74, 6) is 1.17. The van der Waals surface area contributed by atoms with Gasteiger partial charge in [-0.25, -0.2) is 9.97 Å². The molecule has 3 rings (SSSR count). The number of nitrogens with one attached hydrogen (secondary N) is 1. The Hall–Kier alpha value is -3.41. The highest BCUT2D eigenvalue weighted by Crippen LogP contribution is 2.16. The lowest BCUT2D eigenvalue weighted by atomic mass is 10.2. The molecule has 27 heavy (non-hydrogen) atoms. The average molecular weight is 362 g/mol. The van der Waals surface area contributed by atoms with Crippen molar-refractivity contribution in [3.05, 3.63) is 78.1 Å². The number of benzene rings is 2. The van der Waals surface area contributed by atoms with Crippen LogP contribution in [0.2, 0.25) is 0 Å². The molecule has 1 aromatic heterocycles. The van der Waals surface area contributed by atoms with Crippen LogP contribution in [0.4, 0.5) is 11.6 Å². The summed E-state index contributed by atoms with van der Waals surface area (Å²) in [5.41, 5.74) is 2.39. The van der Waals surface area contributed by atoms with Gasteiger partial charge >= 0.3 is 0 Å². The molecule has 0 radical (unpaired) electrons. The SMILES string of the molecule is CCN(C(=O)c1cnc(NCc2ccc(OC)cc2)nc1)c1ccccc1. The lowest BCUT2D eigenvalue weighted by Crippen LogP contribution is -2.30. The molecule has 0 fully saturated rings. The highest BCUT2D eigenvalue weighted by Gasteiger charge is 2.16. The van der Waals surface area contributed by atoms with Crippen LogP contribution in [0.25, 0.3) is 0 Å². The molecule has 0 atom stereocenters. The third-order valence-electron chi connectivity index (χ3n) is 4.14. The maximum Gasteiger partial charge on any atom is 0.261 e. The van der Waals surface area contributed by atoms with Gasteiger partial charge in [-0.15, -0.1) is 0 Å². The van der Waals surface area contributed by atoms with Crippen molar-refractivity contribution in [3.8, 4) is 5.75 Å². The van der Waals surface area contributed by atoms with Gasteiger partial charge in [0.05, 0.1) is 12.7 Å². The van der Waals surface area contributed by atoms with E-state index in [1.54, 1.807) is 24.4 Å². The number of carbonyl (C=O) groups is 1. The minimum Gasteiger partial charge on any atom is -0.497 e. The van der Waals surface area contributed by atoms with Crippen molar-refractivity contribution in [1.82, 2.24) is 9.97 Å². The largest absolute Gasteiger partial charge is 0.497 e. The summed E-state index contributed by atoms with van der Waals surface area (Å²) in [6.45, 7) is 3.10. The van der Waals surface area contributed by atoms with Crippen molar-refractivity contribution < 1.29 is 9.53 Å². The van der Waals surface area contributed by atoms with Crippen molar-refractivity contribution in [3.63, 3.8) is 0 Å². The number of rotatable bonds is 7. The highest BCUT2D eigenvalue weighted by molar-refractivity contribution is 6.05. The van der Waals surface area contributed by atoms with Crippen LogP contribution in [0.5, 0.6) is 5.75 Å². The van der Waals surface area contributed by atoms with E-state index >= 15 is 0 Å². The molecular weight excluding hydrogens is 340 g/mol. The standard InChI is InChI=1S/C21H22N4O2/c1-3-25(18-7-5-4-6-8-18)20(26)17-14-23-21(24-15-17)22-13-16-9-11-19(27-2)12-10-16/h4-12,14-15H,3,13H2,1-2H3,(H,22,23,24). The Balaban J connectivity index is 1.64. The lowest BCUT2D eigenvalue weighted by Gasteiger charge is -2.20. The molecule has 0 saturated heterocycles. The van der Waals surface area contributed by atoms with Crippen LogP contribution in [0.1, 0.15) is 22.8 Å². The zero-order valence-electron chi connectivity index (χ0n) is 15.4. The average Bonchev–Trinajstić information content (AvgIpc) is 2.74. The highest BCUT2D eigenvalue weighted by atomic mass is 16.5. The van der Waals surface area contributed by atoms with Crippen LogP contribution < -0.4 is 15.0 Å². The van der Waals surface area contributed by atoms with Crippen LogP contribution in [-0.2, 0) is 6.54 Å². The van der Waals surface area contributed by atoms with Gasteiger partial charge in [0.15, 0.2) is 0 Å². The number of carbonyl (C=O) groups excluding carboxylic acids is 1. The summed E-state index contributed by atoms with van der Waals surface area (Å²) >= 11 is 0. The first-order valence-corrected chi connectivity index (χ1v) is 8.77. The predicted molar refractivity (Wildman–Crippen MR) is 106 cm³/mol. The Bertz CT molecular complexity index is 865. The van der Waals surface area contributed by atoms with Gasteiger partial charge in [0.1, 0.15) is 5.75 Å². The quantitative estimate of drug-likeness (QED) is 0.693. The van der Waals surface area contributed by atoms with Crippen molar-refractivity contribution in [1.29, 1.82) is 0 Å². The number of aromatic nitrogens is 2. The molecule has 0 bridgehead atoms. The molecule has 138 valence electrons. The van der Waals surface area contributed by atoms with E-state index in [0.717, 1.165) is 17.0 Å². The molecule has 1 N–H and O–H groups in total. The van der Waals surface area contributed by atoms with Gasteiger partial charge in [0.2, 0.25) is 5.95 Å². The Morgan fingerprint density at radius 3 is 2.30 bits per heavy atom. The van der Waals surface area contributed by atoms with E-state index in [-0.39, 0.29) is 5.91 Å². The van der Waals surface area contributed by atoms with Crippen molar-refractivity contribution in [2.75, 3.05) is 23.9 Å². The fourth-order valence-electron chi connectivity index (χ4n) is 2.66. The van der Waals surface area contributed by atoms with Crippen molar-refractivity contribution in [2.45, 2.75) is 13.5 Å². The smallest absolute Gasteiger partial charge is 0.261 e. The lowest BCUT2D eigenvalue weighted by molar-refractivity contribution is 0.0987. The maximum absolute atomic E-state index is 12.7. The predicted octanol–water partition coefficient (Wildman–Crippen LogP) is 3.76. The number of para-hydroxylation sites is 1. The van der Waals surface area contributed by atoms with Gasteiger partial charge in [-0.05, 0) is 36.8 Å². The summed E-state index contributed by atoms with van der Waals surface area (Å²) < 4.78 is 5.15. The molecule has 6 nitrogen and oxygen atoms in total. The second-order valence-electron chi connectivity index (χ2n) is 5.88. The normalized spacial score (nSPS) is 10.3. The zero-order valence-corrected chi connectivity index (χ0v) is 15.4. The third kappa shape index (κ3) is 4.61. The van der Waals surface area contributed by atoms with Gasteiger partial charge in [0.25, 0.3) is 5.91 Å². The van der Waals surface area contributed by atoms with E-state index in [2.05, 4.69) is 15.3 Å². The summed E-state index contributed by atoms with van der Waals surface area (Å²) in [7, 11) is 1.64. The molecule has 3 aromatic rings. The zero-order chi connectivity index (χ0) is 19.1. The van der Waals surface area contributed by atoms with Crippen LogP contribution in [0.15, 0.2) is 67.0 Å². The molecule has 1 amide bonds. The molecular formula is C21H22N4O2. The third-order valence-corrected chi connectivity index (χ3v) is 4.14. The summed E-state index contributed by atoms with van der Waals surface area (Å²) in [5, 5.41) is 3.15. The number of ether oxygens (including phenoxy) is 1. The van der Waals surface area contributed by atoms with Gasteiger partial charge in [-0.1, -0.05) is 30.3 Å². The second-order valence-corrected chi connectivity index (χ2v) is 5.88. The van der Waals surface area contributed by atoms with E-state index < -0.39 is 0 Å². The van der Waals surface area contributed by atoms with E-state index in [1.165, 1.54) is 0 Å². The summed E-state index contributed by atoms with van der Waals surface area (Å²) in [4.78, 5) is 23.0. The molecule has 0 aliphatic carbocycles. The van der Waals surface area contributed by atoms with E-state index in [1.807, 2.05) is 61.5 Å². The summed E-state index contributed by atoms with van der Waals surface area (Å²) in [6.07, 6.45) is 3.11. The molecule has 6 heteroatoms. The molecule has 0 spiro atoms. The van der Waals surface area contributed by atoms with Crippen LogP contribution in [0.3, 0.4) is 0 Å². The Kier molecular flexibility index (Phi) is 5.99. The number of hydrogen-bond acceptors (Lipinski definition) is 5. The van der Waals surface area contributed by atoms with Gasteiger partial charge in [0, 0.05) is 31.2 Å².